The van der Waals surface area contributed by atoms with Crippen molar-refractivity contribution in [2.75, 3.05) is 14.1 Å². The van der Waals surface area contributed by atoms with Crippen LogP contribution in [0.4, 0.5) is 0 Å². The van der Waals surface area contributed by atoms with Crippen molar-refractivity contribution >= 4 is 21.4 Å². The molecule has 1 heterocycles. The molecule has 136 valence electrons. The Labute approximate surface area is 152 Å². The minimum absolute atomic E-state index is 0.286. The number of aromatic nitrogens is 2. The van der Waals surface area contributed by atoms with Crippen LogP contribution in [-0.4, -0.2) is 42.6 Å². The Bertz CT molecular complexity index is 889. The van der Waals surface area contributed by atoms with Crippen LogP contribution in [0.1, 0.15) is 32.1 Å². The molecule has 1 saturated carbocycles. The second-order valence-electron chi connectivity index (χ2n) is 6.55. The molecule has 2 aromatic rings. The molecule has 1 aromatic heterocycles. The van der Waals surface area contributed by atoms with Gasteiger partial charge in [-0.15, -0.1) is 0 Å². The lowest BCUT2D eigenvalue weighted by molar-refractivity contribution is 0.434. The van der Waals surface area contributed by atoms with Gasteiger partial charge in [0.15, 0.2) is 0 Å². The van der Waals surface area contributed by atoms with Gasteiger partial charge >= 0.3 is 0 Å². The van der Waals surface area contributed by atoms with Gasteiger partial charge in [0.2, 0.25) is 14.8 Å². The summed E-state index contributed by atoms with van der Waals surface area (Å²) in [6, 6.07) is 7.27. The molecule has 0 bridgehead atoms. The van der Waals surface area contributed by atoms with E-state index in [1.54, 1.807) is 35.6 Å². The normalized spacial score (nSPS) is 17.4. The van der Waals surface area contributed by atoms with Crippen molar-refractivity contribution < 1.29 is 8.42 Å². The van der Waals surface area contributed by atoms with Crippen LogP contribution in [-0.2, 0) is 17.1 Å². The Balaban J connectivity index is 1.88. The van der Waals surface area contributed by atoms with E-state index in [2.05, 4.69) is 5.10 Å². The largest absolute Gasteiger partial charge is 0.254 e. The van der Waals surface area contributed by atoms with Crippen LogP contribution in [0, 0.1) is 0 Å². The summed E-state index contributed by atoms with van der Waals surface area (Å²) < 4.78 is 27.3. The predicted octanol–water partition coefficient (Wildman–Crippen LogP) is 2.63. The SMILES string of the molecule is CN(C)S(=O)(=O)c1ccc(-c2nn(C)c(=NC3CCCCC3)s2)cc1. The van der Waals surface area contributed by atoms with E-state index in [4.69, 9.17) is 4.99 Å². The summed E-state index contributed by atoms with van der Waals surface area (Å²) in [6.07, 6.45) is 6.14. The molecule has 0 amide bonds. The van der Waals surface area contributed by atoms with Gasteiger partial charge in [-0.2, -0.15) is 5.10 Å². The van der Waals surface area contributed by atoms with E-state index in [1.807, 2.05) is 11.7 Å². The third kappa shape index (κ3) is 4.02. The fourth-order valence-electron chi connectivity index (χ4n) is 2.93. The van der Waals surface area contributed by atoms with Gasteiger partial charge < -0.3 is 0 Å². The smallest absolute Gasteiger partial charge is 0.242 e. The van der Waals surface area contributed by atoms with Crippen LogP contribution in [0.25, 0.3) is 10.6 Å². The molecule has 0 N–H and O–H groups in total. The lowest BCUT2D eigenvalue weighted by Crippen LogP contribution is -2.22. The average Bonchev–Trinajstić information content (AvgIpc) is 2.96. The molecule has 1 aromatic carbocycles. The van der Waals surface area contributed by atoms with Gasteiger partial charge in [-0.3, -0.25) is 4.99 Å². The molecule has 0 spiro atoms. The van der Waals surface area contributed by atoms with E-state index >= 15 is 0 Å². The van der Waals surface area contributed by atoms with E-state index < -0.39 is 10.0 Å². The highest BCUT2D eigenvalue weighted by Gasteiger charge is 2.17. The number of rotatable bonds is 4. The highest BCUT2D eigenvalue weighted by molar-refractivity contribution is 7.89. The topological polar surface area (TPSA) is 67.6 Å². The summed E-state index contributed by atoms with van der Waals surface area (Å²) in [5, 5.41) is 5.41. The summed E-state index contributed by atoms with van der Waals surface area (Å²) in [5.74, 6) is 0. The zero-order valence-electron chi connectivity index (χ0n) is 14.8. The molecule has 25 heavy (non-hydrogen) atoms. The fourth-order valence-corrected chi connectivity index (χ4v) is 4.79. The highest BCUT2D eigenvalue weighted by atomic mass is 32.2. The van der Waals surface area contributed by atoms with E-state index in [-0.39, 0.29) is 4.90 Å². The molecule has 6 nitrogen and oxygen atoms in total. The zero-order chi connectivity index (χ0) is 18.0. The van der Waals surface area contributed by atoms with E-state index in [0.29, 0.717) is 6.04 Å². The van der Waals surface area contributed by atoms with Gasteiger partial charge in [-0.05, 0) is 25.0 Å². The Morgan fingerprint density at radius 1 is 1.16 bits per heavy atom. The molecular formula is C17H24N4O2S2. The lowest BCUT2D eigenvalue weighted by atomic mass is 9.96. The summed E-state index contributed by atoms with van der Waals surface area (Å²) in [7, 11) is 1.57. The maximum atomic E-state index is 12.2. The van der Waals surface area contributed by atoms with Crippen LogP contribution in [0.2, 0.25) is 0 Å². The van der Waals surface area contributed by atoms with Crippen molar-refractivity contribution in [2.45, 2.75) is 43.0 Å². The van der Waals surface area contributed by atoms with Crippen molar-refractivity contribution in [3.8, 4) is 10.6 Å². The van der Waals surface area contributed by atoms with Crippen molar-refractivity contribution in [2.24, 2.45) is 12.0 Å². The maximum Gasteiger partial charge on any atom is 0.242 e. The number of hydrogen-bond donors (Lipinski definition) is 0. The molecule has 0 unspecified atom stereocenters. The van der Waals surface area contributed by atoms with Crippen LogP contribution in [0.15, 0.2) is 34.2 Å². The molecule has 3 rings (SSSR count). The van der Waals surface area contributed by atoms with Gasteiger partial charge in [0.25, 0.3) is 0 Å². The van der Waals surface area contributed by atoms with Crippen LogP contribution in [0.3, 0.4) is 0 Å². The first-order valence-corrected chi connectivity index (χ1v) is 10.7. The Kier molecular flexibility index (Phi) is 5.41. The molecule has 1 fully saturated rings. The van der Waals surface area contributed by atoms with Gasteiger partial charge in [-0.1, -0.05) is 42.7 Å². The molecule has 0 saturated heterocycles. The quantitative estimate of drug-likeness (QED) is 0.819. The van der Waals surface area contributed by atoms with Gasteiger partial charge in [-0.25, -0.2) is 17.4 Å². The summed E-state index contributed by atoms with van der Waals surface area (Å²) in [6.45, 7) is 0. The Morgan fingerprint density at radius 2 is 1.80 bits per heavy atom. The molecule has 0 radical (unpaired) electrons. The second-order valence-corrected chi connectivity index (χ2v) is 9.65. The Hall–Kier alpha value is -1.51. The van der Waals surface area contributed by atoms with Crippen LogP contribution < -0.4 is 4.80 Å². The van der Waals surface area contributed by atoms with Gasteiger partial charge in [0.1, 0.15) is 5.01 Å². The molecule has 1 aliphatic rings. The van der Waals surface area contributed by atoms with E-state index in [0.717, 1.165) is 28.2 Å². The molecule has 8 heteroatoms. The number of nitrogens with zero attached hydrogens (tertiary/aromatic N) is 4. The second kappa shape index (κ2) is 7.39. The van der Waals surface area contributed by atoms with Crippen molar-refractivity contribution in [3.63, 3.8) is 0 Å². The fraction of sp³-hybridized carbons (Fsp3) is 0.529. The first kappa shape index (κ1) is 18.3. The monoisotopic (exact) mass is 380 g/mol. The van der Waals surface area contributed by atoms with Crippen molar-refractivity contribution in [1.82, 2.24) is 14.1 Å². The molecular weight excluding hydrogens is 356 g/mol. The minimum atomic E-state index is -3.41. The third-order valence-electron chi connectivity index (χ3n) is 4.45. The maximum absolute atomic E-state index is 12.2. The molecule has 0 atom stereocenters. The van der Waals surface area contributed by atoms with Crippen molar-refractivity contribution in [1.29, 1.82) is 0 Å². The zero-order valence-corrected chi connectivity index (χ0v) is 16.5. The highest BCUT2D eigenvalue weighted by Crippen LogP contribution is 2.23. The number of aryl methyl sites for hydroxylation is 1. The Morgan fingerprint density at radius 3 is 2.40 bits per heavy atom. The number of hydrogen-bond acceptors (Lipinski definition) is 5. The first-order valence-electron chi connectivity index (χ1n) is 8.49. The van der Waals surface area contributed by atoms with Gasteiger partial charge in [0.05, 0.1) is 10.9 Å². The summed E-state index contributed by atoms with van der Waals surface area (Å²) >= 11 is 1.55. The predicted molar refractivity (Wildman–Crippen MR) is 99.8 cm³/mol. The van der Waals surface area contributed by atoms with Crippen LogP contribution in [0.5, 0.6) is 0 Å². The van der Waals surface area contributed by atoms with E-state index in [1.165, 1.54) is 37.7 Å². The summed E-state index contributed by atoms with van der Waals surface area (Å²) in [4.78, 5) is 6.07. The van der Waals surface area contributed by atoms with Crippen LogP contribution >= 0.6 is 11.3 Å². The lowest BCUT2D eigenvalue weighted by Gasteiger charge is -2.16. The molecule has 0 aliphatic heterocycles. The number of sulfonamides is 1. The number of benzene rings is 1. The van der Waals surface area contributed by atoms with Crippen molar-refractivity contribution in [3.05, 3.63) is 29.1 Å². The third-order valence-corrected chi connectivity index (χ3v) is 7.35. The first-order chi connectivity index (χ1) is 11.9. The minimum Gasteiger partial charge on any atom is -0.254 e. The summed E-state index contributed by atoms with van der Waals surface area (Å²) in [5.41, 5.74) is 0.906. The average molecular weight is 381 g/mol. The van der Waals surface area contributed by atoms with Gasteiger partial charge in [0, 0.05) is 26.7 Å². The van der Waals surface area contributed by atoms with E-state index in [9.17, 15) is 8.42 Å². The molecule has 1 aliphatic carbocycles. The standard InChI is InChI=1S/C17H24N4O2S2/c1-20(2)25(22,23)15-11-9-13(10-12-15)16-19-21(3)17(24-16)18-14-7-5-4-6-8-14/h9-12,14H,4-8H2,1-3H3.